The van der Waals surface area contributed by atoms with Crippen molar-refractivity contribution >= 4 is 15.9 Å². The highest BCUT2D eigenvalue weighted by atomic mass is 79.9. The maximum Gasteiger partial charge on any atom is 0.0346 e. The molecule has 0 amide bonds. The SMILES string of the molecule is CCC(c1ccc(Br)cc1)N1CC(N)C1. The topological polar surface area (TPSA) is 29.3 Å². The van der Waals surface area contributed by atoms with Gasteiger partial charge in [-0.05, 0) is 24.1 Å². The lowest BCUT2D eigenvalue weighted by molar-refractivity contribution is 0.0911. The molecule has 1 saturated heterocycles. The van der Waals surface area contributed by atoms with Gasteiger partial charge in [0, 0.05) is 29.6 Å². The minimum Gasteiger partial charge on any atom is -0.325 e. The van der Waals surface area contributed by atoms with E-state index in [1.54, 1.807) is 0 Å². The zero-order chi connectivity index (χ0) is 10.8. The molecule has 0 aliphatic carbocycles. The molecule has 1 heterocycles. The molecule has 1 aromatic rings. The van der Waals surface area contributed by atoms with E-state index in [9.17, 15) is 0 Å². The second kappa shape index (κ2) is 4.64. The molecule has 15 heavy (non-hydrogen) atoms. The first-order valence-corrected chi connectivity index (χ1v) is 6.25. The molecule has 1 atom stereocenters. The monoisotopic (exact) mass is 268 g/mol. The van der Waals surface area contributed by atoms with E-state index in [1.807, 2.05) is 0 Å². The second-order valence-corrected chi connectivity index (χ2v) is 5.11. The van der Waals surface area contributed by atoms with Crippen LogP contribution in [0.2, 0.25) is 0 Å². The Labute approximate surface area is 99.6 Å². The zero-order valence-electron chi connectivity index (χ0n) is 8.99. The maximum absolute atomic E-state index is 5.81. The summed E-state index contributed by atoms with van der Waals surface area (Å²) in [5.41, 5.74) is 7.21. The van der Waals surface area contributed by atoms with Crippen LogP contribution in [0.4, 0.5) is 0 Å². The lowest BCUT2D eigenvalue weighted by atomic mass is 9.98. The van der Waals surface area contributed by atoms with Gasteiger partial charge in [0.15, 0.2) is 0 Å². The summed E-state index contributed by atoms with van der Waals surface area (Å²) in [6.45, 7) is 4.31. The smallest absolute Gasteiger partial charge is 0.0346 e. The third-order valence-electron chi connectivity index (χ3n) is 3.02. The van der Waals surface area contributed by atoms with E-state index in [4.69, 9.17) is 5.73 Å². The summed E-state index contributed by atoms with van der Waals surface area (Å²) in [6, 6.07) is 9.53. The van der Waals surface area contributed by atoms with E-state index in [1.165, 1.54) is 5.56 Å². The third-order valence-corrected chi connectivity index (χ3v) is 3.55. The van der Waals surface area contributed by atoms with Gasteiger partial charge in [0.05, 0.1) is 0 Å². The number of rotatable bonds is 3. The predicted molar refractivity (Wildman–Crippen MR) is 66.7 cm³/mol. The minimum absolute atomic E-state index is 0.384. The van der Waals surface area contributed by atoms with Gasteiger partial charge in [-0.2, -0.15) is 0 Å². The molecule has 2 N–H and O–H groups in total. The van der Waals surface area contributed by atoms with Gasteiger partial charge in [-0.3, -0.25) is 4.90 Å². The fourth-order valence-corrected chi connectivity index (χ4v) is 2.46. The number of likely N-dealkylation sites (tertiary alicyclic amines) is 1. The minimum atomic E-state index is 0.384. The van der Waals surface area contributed by atoms with Gasteiger partial charge in [-0.25, -0.2) is 0 Å². The van der Waals surface area contributed by atoms with Gasteiger partial charge >= 0.3 is 0 Å². The van der Waals surface area contributed by atoms with Crippen molar-refractivity contribution in [3.05, 3.63) is 34.3 Å². The summed E-state index contributed by atoms with van der Waals surface area (Å²) in [4.78, 5) is 2.45. The molecule has 82 valence electrons. The molecule has 1 aliphatic heterocycles. The predicted octanol–water partition coefficient (Wildman–Crippen LogP) is 2.54. The van der Waals surface area contributed by atoms with Crippen LogP contribution in [-0.4, -0.2) is 24.0 Å². The standard InChI is InChI=1S/C12H17BrN2/c1-2-12(15-7-11(14)8-15)9-3-5-10(13)6-4-9/h3-6,11-12H,2,7-8,14H2,1H3. The van der Waals surface area contributed by atoms with Crippen molar-refractivity contribution in [3.63, 3.8) is 0 Å². The fraction of sp³-hybridized carbons (Fsp3) is 0.500. The quantitative estimate of drug-likeness (QED) is 0.913. The fourth-order valence-electron chi connectivity index (χ4n) is 2.19. The Hall–Kier alpha value is -0.380. The summed E-state index contributed by atoms with van der Waals surface area (Å²) < 4.78 is 1.14. The van der Waals surface area contributed by atoms with Crippen LogP contribution >= 0.6 is 15.9 Å². The van der Waals surface area contributed by atoms with E-state index >= 15 is 0 Å². The number of hydrogen-bond acceptors (Lipinski definition) is 2. The van der Waals surface area contributed by atoms with Crippen molar-refractivity contribution in [1.29, 1.82) is 0 Å². The normalized spacial score (nSPS) is 19.9. The maximum atomic E-state index is 5.81. The van der Waals surface area contributed by atoms with Crippen LogP contribution in [-0.2, 0) is 0 Å². The van der Waals surface area contributed by atoms with Crippen LogP contribution in [0.15, 0.2) is 28.7 Å². The lowest BCUT2D eigenvalue weighted by Crippen LogP contribution is -2.56. The molecule has 0 spiro atoms. The molecule has 2 rings (SSSR count). The van der Waals surface area contributed by atoms with Gasteiger partial charge in [0.1, 0.15) is 0 Å². The number of halogens is 1. The van der Waals surface area contributed by atoms with Crippen molar-refractivity contribution in [1.82, 2.24) is 4.90 Å². The van der Waals surface area contributed by atoms with Crippen LogP contribution in [0.25, 0.3) is 0 Å². The van der Waals surface area contributed by atoms with Crippen molar-refractivity contribution < 1.29 is 0 Å². The molecule has 3 heteroatoms. The molecule has 0 radical (unpaired) electrons. The lowest BCUT2D eigenvalue weighted by Gasteiger charge is -2.42. The average molecular weight is 269 g/mol. The third kappa shape index (κ3) is 2.41. The molecule has 0 saturated carbocycles. The van der Waals surface area contributed by atoms with Crippen molar-refractivity contribution in [2.45, 2.75) is 25.4 Å². The largest absolute Gasteiger partial charge is 0.325 e. The number of benzene rings is 1. The first-order chi connectivity index (χ1) is 7.20. The van der Waals surface area contributed by atoms with E-state index in [0.29, 0.717) is 12.1 Å². The van der Waals surface area contributed by atoms with Crippen LogP contribution < -0.4 is 5.73 Å². The highest BCUT2D eigenvalue weighted by Gasteiger charge is 2.29. The Morgan fingerprint density at radius 2 is 2.00 bits per heavy atom. The Balaban J connectivity index is 2.09. The van der Waals surface area contributed by atoms with Gasteiger partial charge in [-0.15, -0.1) is 0 Å². The molecule has 1 fully saturated rings. The second-order valence-electron chi connectivity index (χ2n) is 4.19. The van der Waals surface area contributed by atoms with E-state index in [2.05, 4.69) is 52.0 Å². The average Bonchev–Trinajstić information content (AvgIpc) is 2.19. The Morgan fingerprint density at radius 3 is 2.47 bits per heavy atom. The van der Waals surface area contributed by atoms with Crippen LogP contribution in [0.1, 0.15) is 24.9 Å². The first kappa shape index (κ1) is 11.1. The van der Waals surface area contributed by atoms with Gasteiger partial charge < -0.3 is 5.73 Å². The van der Waals surface area contributed by atoms with Gasteiger partial charge in [0.2, 0.25) is 0 Å². The summed E-state index contributed by atoms with van der Waals surface area (Å²) in [5.74, 6) is 0. The highest BCUT2D eigenvalue weighted by Crippen LogP contribution is 2.28. The molecule has 0 bridgehead atoms. The highest BCUT2D eigenvalue weighted by molar-refractivity contribution is 9.10. The molecule has 2 nitrogen and oxygen atoms in total. The summed E-state index contributed by atoms with van der Waals surface area (Å²) in [7, 11) is 0. The number of nitrogens with two attached hydrogens (primary N) is 1. The molecule has 1 aliphatic rings. The van der Waals surface area contributed by atoms with Crippen LogP contribution in [0, 0.1) is 0 Å². The Morgan fingerprint density at radius 1 is 1.40 bits per heavy atom. The van der Waals surface area contributed by atoms with Crippen LogP contribution in [0.3, 0.4) is 0 Å². The number of hydrogen-bond donors (Lipinski definition) is 1. The summed E-state index contributed by atoms with van der Waals surface area (Å²) >= 11 is 3.46. The van der Waals surface area contributed by atoms with E-state index in [-0.39, 0.29) is 0 Å². The van der Waals surface area contributed by atoms with Crippen LogP contribution in [0.5, 0.6) is 0 Å². The van der Waals surface area contributed by atoms with Crippen molar-refractivity contribution in [2.24, 2.45) is 5.73 Å². The molecular weight excluding hydrogens is 252 g/mol. The molecule has 1 unspecified atom stereocenters. The zero-order valence-corrected chi connectivity index (χ0v) is 10.6. The van der Waals surface area contributed by atoms with Crippen molar-refractivity contribution in [3.8, 4) is 0 Å². The number of nitrogens with zero attached hydrogens (tertiary/aromatic N) is 1. The molecule has 0 aromatic heterocycles. The van der Waals surface area contributed by atoms with Gasteiger partial charge in [0.25, 0.3) is 0 Å². The van der Waals surface area contributed by atoms with Crippen molar-refractivity contribution in [2.75, 3.05) is 13.1 Å². The van der Waals surface area contributed by atoms with Gasteiger partial charge in [-0.1, -0.05) is 35.0 Å². The first-order valence-electron chi connectivity index (χ1n) is 5.45. The molecular formula is C12H17BrN2. The summed E-state index contributed by atoms with van der Waals surface area (Å²) in [6.07, 6.45) is 1.15. The summed E-state index contributed by atoms with van der Waals surface area (Å²) in [5, 5.41) is 0. The van der Waals surface area contributed by atoms with E-state index < -0.39 is 0 Å². The van der Waals surface area contributed by atoms with E-state index in [0.717, 1.165) is 24.0 Å². The Bertz CT molecular complexity index is 317. The molecule has 1 aromatic carbocycles. The Kier molecular flexibility index (Phi) is 3.44.